The van der Waals surface area contributed by atoms with E-state index in [2.05, 4.69) is 34.9 Å². The number of morpholine rings is 1. The van der Waals surface area contributed by atoms with Gasteiger partial charge in [0.1, 0.15) is 5.75 Å². The number of nitrogens with zero attached hydrogens (tertiary/aromatic N) is 3. The minimum absolute atomic E-state index is 0.471. The lowest BCUT2D eigenvalue weighted by Gasteiger charge is -2.26. The van der Waals surface area contributed by atoms with Crippen LogP contribution in [0.4, 0.5) is 5.13 Å². The number of ether oxygens (including phenoxy) is 2. The van der Waals surface area contributed by atoms with Crippen LogP contribution in [0.2, 0.25) is 0 Å². The molecular weight excluding hydrogens is 346 g/mol. The van der Waals surface area contributed by atoms with Crippen LogP contribution >= 0.6 is 11.3 Å². The summed E-state index contributed by atoms with van der Waals surface area (Å²) in [4.78, 5) is 11.2. The SMILES string of the molecule is COc1cccc([C@H]2CCCN2Cc2sc(N3CCOCC3)nc2C)c1. The molecule has 26 heavy (non-hydrogen) atoms. The van der Waals surface area contributed by atoms with Crippen molar-refractivity contribution in [1.82, 2.24) is 9.88 Å². The van der Waals surface area contributed by atoms with Gasteiger partial charge in [-0.3, -0.25) is 4.90 Å². The first-order chi connectivity index (χ1) is 12.7. The van der Waals surface area contributed by atoms with Crippen molar-refractivity contribution in [3.05, 3.63) is 40.4 Å². The number of likely N-dealkylation sites (tertiary alicyclic amines) is 1. The van der Waals surface area contributed by atoms with Crippen molar-refractivity contribution in [3.63, 3.8) is 0 Å². The monoisotopic (exact) mass is 373 g/mol. The van der Waals surface area contributed by atoms with E-state index in [1.807, 2.05) is 17.4 Å². The molecule has 1 aromatic carbocycles. The Morgan fingerprint density at radius 2 is 2.12 bits per heavy atom. The lowest BCUT2D eigenvalue weighted by molar-refractivity contribution is 0.122. The molecule has 0 aliphatic carbocycles. The zero-order valence-corrected chi connectivity index (χ0v) is 16.4. The molecule has 2 aromatic rings. The molecule has 1 aromatic heterocycles. The molecule has 2 saturated heterocycles. The average molecular weight is 374 g/mol. The third-order valence-electron chi connectivity index (χ3n) is 5.35. The Kier molecular flexibility index (Phi) is 5.43. The summed E-state index contributed by atoms with van der Waals surface area (Å²) in [5, 5.41) is 1.15. The van der Waals surface area contributed by atoms with Crippen LogP contribution in [0.15, 0.2) is 24.3 Å². The molecule has 5 nitrogen and oxygen atoms in total. The molecule has 6 heteroatoms. The molecule has 0 saturated carbocycles. The van der Waals surface area contributed by atoms with Gasteiger partial charge in [-0.15, -0.1) is 11.3 Å². The molecule has 0 amide bonds. The Morgan fingerprint density at radius 3 is 2.92 bits per heavy atom. The van der Waals surface area contributed by atoms with Crippen molar-refractivity contribution >= 4 is 16.5 Å². The van der Waals surface area contributed by atoms with Gasteiger partial charge >= 0.3 is 0 Å². The highest BCUT2D eigenvalue weighted by atomic mass is 32.1. The number of rotatable bonds is 5. The van der Waals surface area contributed by atoms with Crippen LogP contribution in [0.25, 0.3) is 0 Å². The van der Waals surface area contributed by atoms with Gasteiger partial charge in [0.05, 0.1) is 26.0 Å². The largest absolute Gasteiger partial charge is 0.497 e. The van der Waals surface area contributed by atoms with E-state index >= 15 is 0 Å². The first-order valence-corrected chi connectivity index (χ1v) is 10.2. The van der Waals surface area contributed by atoms with Crippen molar-refractivity contribution in [1.29, 1.82) is 0 Å². The van der Waals surface area contributed by atoms with Crippen molar-refractivity contribution in [2.45, 2.75) is 32.4 Å². The van der Waals surface area contributed by atoms with E-state index in [0.717, 1.165) is 50.3 Å². The molecule has 4 rings (SSSR count). The first-order valence-electron chi connectivity index (χ1n) is 9.41. The van der Waals surface area contributed by atoms with Crippen molar-refractivity contribution in [2.24, 2.45) is 0 Å². The second-order valence-electron chi connectivity index (χ2n) is 7.01. The van der Waals surface area contributed by atoms with Gasteiger partial charge in [-0.1, -0.05) is 12.1 Å². The van der Waals surface area contributed by atoms with E-state index in [1.54, 1.807) is 7.11 Å². The Labute approximate surface area is 159 Å². The maximum absolute atomic E-state index is 5.46. The number of anilines is 1. The maximum atomic E-state index is 5.46. The van der Waals surface area contributed by atoms with E-state index in [4.69, 9.17) is 14.5 Å². The summed E-state index contributed by atoms with van der Waals surface area (Å²) < 4.78 is 10.9. The molecule has 0 bridgehead atoms. The number of methoxy groups -OCH3 is 1. The fourth-order valence-corrected chi connectivity index (χ4v) is 5.01. The average Bonchev–Trinajstić information content (AvgIpc) is 3.30. The van der Waals surface area contributed by atoms with Crippen molar-refractivity contribution in [2.75, 3.05) is 44.9 Å². The Morgan fingerprint density at radius 1 is 1.27 bits per heavy atom. The smallest absolute Gasteiger partial charge is 0.185 e. The van der Waals surface area contributed by atoms with Gasteiger partial charge in [-0.2, -0.15) is 0 Å². The van der Waals surface area contributed by atoms with Crippen LogP contribution in [0.1, 0.15) is 35.0 Å². The van der Waals surface area contributed by atoms with Crippen molar-refractivity contribution in [3.8, 4) is 5.75 Å². The highest BCUT2D eigenvalue weighted by Gasteiger charge is 2.28. The van der Waals surface area contributed by atoms with Gasteiger partial charge in [0.15, 0.2) is 5.13 Å². The van der Waals surface area contributed by atoms with Gasteiger partial charge in [-0.05, 0) is 44.0 Å². The molecule has 2 aliphatic rings. The van der Waals surface area contributed by atoms with Gasteiger partial charge in [0.2, 0.25) is 0 Å². The van der Waals surface area contributed by atoms with Crippen LogP contribution in [-0.2, 0) is 11.3 Å². The molecule has 0 radical (unpaired) electrons. The van der Waals surface area contributed by atoms with E-state index in [0.29, 0.717) is 6.04 Å². The Bertz CT molecular complexity index is 742. The number of aryl methyl sites for hydroxylation is 1. The van der Waals surface area contributed by atoms with Crippen LogP contribution in [0.5, 0.6) is 5.75 Å². The molecular formula is C20H27N3O2S. The lowest BCUT2D eigenvalue weighted by atomic mass is 10.0. The van der Waals surface area contributed by atoms with Gasteiger partial charge < -0.3 is 14.4 Å². The molecule has 0 spiro atoms. The van der Waals surface area contributed by atoms with Crippen LogP contribution in [-0.4, -0.2) is 49.8 Å². The molecule has 2 aliphatic heterocycles. The highest BCUT2D eigenvalue weighted by molar-refractivity contribution is 7.15. The van der Waals surface area contributed by atoms with Crippen LogP contribution in [0, 0.1) is 6.92 Å². The molecule has 1 atom stereocenters. The van der Waals surface area contributed by atoms with E-state index in [9.17, 15) is 0 Å². The summed E-state index contributed by atoms with van der Waals surface area (Å²) in [6.45, 7) is 7.77. The van der Waals surface area contributed by atoms with Gasteiger partial charge in [-0.25, -0.2) is 4.98 Å². The Hall–Kier alpha value is -1.63. The lowest BCUT2D eigenvalue weighted by Crippen LogP contribution is -2.36. The molecule has 2 fully saturated rings. The fraction of sp³-hybridized carbons (Fsp3) is 0.550. The van der Waals surface area contributed by atoms with E-state index in [-0.39, 0.29) is 0 Å². The number of benzene rings is 1. The molecule has 0 N–H and O–H groups in total. The van der Waals surface area contributed by atoms with E-state index in [1.165, 1.54) is 29.0 Å². The first kappa shape index (κ1) is 17.8. The van der Waals surface area contributed by atoms with Crippen molar-refractivity contribution < 1.29 is 9.47 Å². The summed E-state index contributed by atoms with van der Waals surface area (Å²) in [6, 6.07) is 8.99. The quantitative estimate of drug-likeness (QED) is 0.800. The highest BCUT2D eigenvalue weighted by Crippen LogP contribution is 2.36. The number of aromatic nitrogens is 1. The Balaban J connectivity index is 1.50. The molecule has 3 heterocycles. The van der Waals surface area contributed by atoms with Gasteiger partial charge in [0, 0.05) is 30.6 Å². The van der Waals surface area contributed by atoms with Crippen LogP contribution < -0.4 is 9.64 Å². The third-order valence-corrected chi connectivity index (χ3v) is 6.55. The molecule has 140 valence electrons. The predicted molar refractivity (Wildman–Crippen MR) is 105 cm³/mol. The molecule has 0 unspecified atom stereocenters. The number of hydrogen-bond donors (Lipinski definition) is 0. The third kappa shape index (κ3) is 3.72. The zero-order valence-electron chi connectivity index (χ0n) is 15.6. The zero-order chi connectivity index (χ0) is 17.9. The van der Waals surface area contributed by atoms with Crippen LogP contribution in [0.3, 0.4) is 0 Å². The normalized spacial score (nSPS) is 21.3. The number of hydrogen-bond acceptors (Lipinski definition) is 6. The summed E-state index contributed by atoms with van der Waals surface area (Å²) in [5.41, 5.74) is 2.53. The standard InChI is InChI=1S/C20H27N3O2S/c1-15-19(26-20(21-15)22-9-11-25-12-10-22)14-23-8-4-7-18(23)16-5-3-6-17(13-16)24-2/h3,5-6,13,18H,4,7-12,14H2,1-2H3/t18-/m1/s1. The minimum Gasteiger partial charge on any atom is -0.497 e. The van der Waals surface area contributed by atoms with E-state index < -0.39 is 0 Å². The predicted octanol–water partition coefficient (Wildman–Crippen LogP) is 3.63. The second-order valence-corrected chi connectivity index (χ2v) is 8.07. The second kappa shape index (κ2) is 7.94. The maximum Gasteiger partial charge on any atom is 0.185 e. The summed E-state index contributed by atoms with van der Waals surface area (Å²) in [5.74, 6) is 0.943. The minimum atomic E-state index is 0.471. The number of thiazole rings is 1. The topological polar surface area (TPSA) is 37.8 Å². The van der Waals surface area contributed by atoms with Gasteiger partial charge in [0.25, 0.3) is 0 Å². The summed E-state index contributed by atoms with van der Waals surface area (Å²) >= 11 is 1.85. The summed E-state index contributed by atoms with van der Waals surface area (Å²) in [6.07, 6.45) is 2.46. The summed E-state index contributed by atoms with van der Waals surface area (Å²) in [7, 11) is 1.74. The fourth-order valence-electron chi connectivity index (χ4n) is 3.88.